The van der Waals surface area contributed by atoms with Gasteiger partial charge in [-0.1, -0.05) is 29.8 Å². The summed E-state index contributed by atoms with van der Waals surface area (Å²) in [7, 11) is -3.75. The maximum Gasteiger partial charge on any atom is 0.206 e. The van der Waals surface area contributed by atoms with E-state index in [4.69, 9.17) is 16.3 Å². The van der Waals surface area contributed by atoms with Crippen LogP contribution in [0.1, 0.15) is 11.1 Å². The summed E-state index contributed by atoms with van der Waals surface area (Å²) in [6.07, 6.45) is 0.469. The van der Waals surface area contributed by atoms with Gasteiger partial charge in [-0.25, -0.2) is 14.0 Å². The lowest BCUT2D eigenvalue weighted by molar-refractivity contribution is 0.480. The first-order valence-corrected chi connectivity index (χ1v) is 11.0. The molecule has 1 aliphatic rings. The third-order valence-electron chi connectivity index (χ3n) is 4.42. The van der Waals surface area contributed by atoms with Gasteiger partial charge in [0.2, 0.25) is 9.84 Å². The molecule has 0 aromatic heterocycles. The predicted octanol–water partition coefficient (Wildman–Crippen LogP) is 3.31. The van der Waals surface area contributed by atoms with Crippen molar-refractivity contribution in [3.05, 3.63) is 82.9 Å². The van der Waals surface area contributed by atoms with E-state index in [1.54, 1.807) is 36.4 Å². The Hall–Kier alpha value is -3.58. The zero-order valence-corrected chi connectivity index (χ0v) is 17.5. The number of amidine groups is 1. The van der Waals surface area contributed by atoms with Crippen molar-refractivity contribution in [2.75, 3.05) is 0 Å². The molecule has 4 rings (SSSR count). The maximum absolute atomic E-state index is 12.8. The van der Waals surface area contributed by atoms with Crippen molar-refractivity contribution >= 4 is 27.3 Å². The smallest absolute Gasteiger partial charge is 0.206 e. The second kappa shape index (κ2) is 8.65. The van der Waals surface area contributed by atoms with Crippen LogP contribution in [-0.4, -0.2) is 14.3 Å². The van der Waals surface area contributed by atoms with Crippen molar-refractivity contribution in [1.82, 2.24) is 16.5 Å². The molecule has 1 aliphatic heterocycles. The number of nitriles is 1. The van der Waals surface area contributed by atoms with E-state index in [0.717, 1.165) is 5.56 Å². The molecule has 0 bridgehead atoms. The van der Waals surface area contributed by atoms with E-state index >= 15 is 0 Å². The SMILES string of the molecule is N#Cc1cc(S(=O)(=O)c2ccccc2)ccc1Oc1cc(Cl)cc(CC2=NNNN2)c1. The Kier molecular flexibility index (Phi) is 5.77. The second-order valence-electron chi connectivity index (χ2n) is 6.58. The Morgan fingerprint density at radius 3 is 2.55 bits per heavy atom. The van der Waals surface area contributed by atoms with Crippen molar-refractivity contribution in [2.45, 2.75) is 16.2 Å². The van der Waals surface area contributed by atoms with E-state index in [9.17, 15) is 13.7 Å². The minimum atomic E-state index is -3.75. The highest BCUT2D eigenvalue weighted by atomic mass is 35.5. The highest BCUT2D eigenvalue weighted by Crippen LogP contribution is 2.31. The lowest BCUT2D eigenvalue weighted by Gasteiger charge is -2.11. The Labute approximate surface area is 184 Å². The molecule has 0 fully saturated rings. The summed E-state index contributed by atoms with van der Waals surface area (Å²) in [5, 5.41) is 14.0. The number of nitrogens with one attached hydrogen (secondary N) is 3. The molecule has 0 spiro atoms. The molecule has 3 aromatic rings. The van der Waals surface area contributed by atoms with E-state index in [2.05, 4.69) is 21.6 Å². The van der Waals surface area contributed by atoms with Gasteiger partial charge in [-0.3, -0.25) is 5.43 Å². The predicted molar refractivity (Wildman–Crippen MR) is 115 cm³/mol. The maximum atomic E-state index is 12.8. The molecular formula is C21H16ClN5O3S. The number of benzene rings is 3. The first-order chi connectivity index (χ1) is 15.0. The number of ether oxygens (including phenoxy) is 1. The minimum absolute atomic E-state index is 0.0136. The Balaban J connectivity index is 1.62. The number of halogens is 1. The Morgan fingerprint density at radius 1 is 1.03 bits per heavy atom. The number of hydrazine groups is 2. The molecule has 156 valence electrons. The molecule has 0 radical (unpaired) electrons. The van der Waals surface area contributed by atoms with Crippen molar-refractivity contribution < 1.29 is 13.2 Å². The summed E-state index contributed by atoms with van der Waals surface area (Å²) in [6, 6.07) is 19.4. The van der Waals surface area contributed by atoms with Crippen LogP contribution in [0, 0.1) is 11.3 Å². The molecule has 8 nitrogen and oxygen atoms in total. The molecule has 0 unspecified atom stereocenters. The van der Waals surface area contributed by atoms with Crippen LogP contribution in [0.15, 0.2) is 81.6 Å². The third-order valence-corrected chi connectivity index (χ3v) is 6.40. The zero-order valence-electron chi connectivity index (χ0n) is 16.0. The lowest BCUT2D eigenvalue weighted by atomic mass is 10.1. The van der Waals surface area contributed by atoms with Gasteiger partial charge in [-0.2, -0.15) is 5.26 Å². The number of hydrogen-bond acceptors (Lipinski definition) is 8. The summed E-state index contributed by atoms with van der Waals surface area (Å²) in [5.41, 5.74) is 9.01. The molecular weight excluding hydrogens is 438 g/mol. The Morgan fingerprint density at radius 2 is 1.84 bits per heavy atom. The van der Waals surface area contributed by atoms with E-state index in [0.29, 0.717) is 23.0 Å². The standard InChI is InChI=1S/C21H16ClN5O3S/c22-16-8-14(10-21-24-26-27-25-21)9-17(12-16)30-20-7-6-19(11-15(20)13-23)31(28,29)18-4-2-1-3-5-18/h1-9,11-12,26-27H,10H2,(H,24,25). The summed E-state index contributed by atoms with van der Waals surface area (Å²) < 4.78 is 31.5. The monoisotopic (exact) mass is 453 g/mol. The van der Waals surface area contributed by atoms with Crippen LogP contribution < -0.4 is 21.2 Å². The van der Waals surface area contributed by atoms with E-state index < -0.39 is 9.84 Å². The van der Waals surface area contributed by atoms with Crippen LogP contribution in [0.2, 0.25) is 5.02 Å². The summed E-state index contributed by atoms with van der Waals surface area (Å²) in [6.45, 7) is 0. The second-order valence-corrected chi connectivity index (χ2v) is 8.97. The number of hydrogen-bond donors (Lipinski definition) is 3. The lowest BCUT2D eigenvalue weighted by Crippen LogP contribution is -2.35. The minimum Gasteiger partial charge on any atom is -0.456 e. The molecule has 0 saturated carbocycles. The fourth-order valence-corrected chi connectivity index (χ4v) is 4.55. The van der Waals surface area contributed by atoms with E-state index in [1.165, 1.54) is 30.3 Å². The molecule has 0 amide bonds. The van der Waals surface area contributed by atoms with Crippen LogP contribution in [0.3, 0.4) is 0 Å². The van der Waals surface area contributed by atoms with Gasteiger partial charge < -0.3 is 4.74 Å². The van der Waals surface area contributed by atoms with Gasteiger partial charge in [-0.15, -0.1) is 10.6 Å². The van der Waals surface area contributed by atoms with Crippen LogP contribution in [0.25, 0.3) is 0 Å². The number of sulfone groups is 1. The average molecular weight is 454 g/mol. The molecule has 0 atom stereocenters. The number of nitrogens with zero attached hydrogens (tertiary/aromatic N) is 2. The van der Waals surface area contributed by atoms with Crippen molar-refractivity contribution in [2.24, 2.45) is 5.10 Å². The number of rotatable bonds is 6. The molecule has 0 aliphatic carbocycles. The van der Waals surface area contributed by atoms with Gasteiger partial charge in [0.05, 0.1) is 15.4 Å². The fourth-order valence-electron chi connectivity index (χ4n) is 3.00. The molecule has 3 aromatic carbocycles. The molecule has 0 saturated heterocycles. The summed E-state index contributed by atoms with van der Waals surface area (Å²) in [5.74, 6) is 1.31. The fraction of sp³-hybridized carbons (Fsp3) is 0.0476. The van der Waals surface area contributed by atoms with Crippen LogP contribution in [0.5, 0.6) is 11.5 Å². The van der Waals surface area contributed by atoms with Gasteiger partial charge >= 0.3 is 0 Å². The van der Waals surface area contributed by atoms with Gasteiger partial charge in [0, 0.05) is 11.4 Å². The van der Waals surface area contributed by atoms with E-state index in [1.807, 2.05) is 6.07 Å². The summed E-state index contributed by atoms with van der Waals surface area (Å²) in [4.78, 5) is 0.166. The van der Waals surface area contributed by atoms with Crippen molar-refractivity contribution in [1.29, 1.82) is 5.26 Å². The van der Waals surface area contributed by atoms with Crippen LogP contribution in [-0.2, 0) is 16.3 Å². The van der Waals surface area contributed by atoms with Gasteiger partial charge in [0.15, 0.2) is 0 Å². The first kappa shape index (κ1) is 20.7. The van der Waals surface area contributed by atoms with Gasteiger partial charge in [0.25, 0.3) is 0 Å². The molecule has 3 N–H and O–H groups in total. The average Bonchev–Trinajstić information content (AvgIpc) is 3.27. The van der Waals surface area contributed by atoms with Crippen molar-refractivity contribution in [3.8, 4) is 17.6 Å². The number of hydrazone groups is 1. The third kappa shape index (κ3) is 4.62. The topological polar surface area (TPSA) is 116 Å². The van der Waals surface area contributed by atoms with Crippen LogP contribution in [0.4, 0.5) is 0 Å². The van der Waals surface area contributed by atoms with Crippen LogP contribution >= 0.6 is 11.6 Å². The highest BCUT2D eigenvalue weighted by molar-refractivity contribution is 7.91. The van der Waals surface area contributed by atoms with Gasteiger partial charge in [0.1, 0.15) is 23.4 Å². The highest BCUT2D eigenvalue weighted by Gasteiger charge is 2.19. The zero-order chi connectivity index (χ0) is 21.8. The Bertz CT molecular complexity index is 1300. The molecule has 10 heteroatoms. The first-order valence-electron chi connectivity index (χ1n) is 9.10. The quantitative estimate of drug-likeness (QED) is 0.524. The molecule has 31 heavy (non-hydrogen) atoms. The van der Waals surface area contributed by atoms with Crippen molar-refractivity contribution in [3.63, 3.8) is 0 Å². The van der Waals surface area contributed by atoms with E-state index in [-0.39, 0.29) is 21.1 Å². The molecule has 1 heterocycles. The van der Waals surface area contributed by atoms with Gasteiger partial charge in [-0.05, 0) is 54.1 Å². The normalized spacial score (nSPS) is 13.0. The largest absolute Gasteiger partial charge is 0.456 e. The summed E-state index contributed by atoms with van der Waals surface area (Å²) >= 11 is 6.21.